The van der Waals surface area contributed by atoms with Gasteiger partial charge >= 0.3 is 0 Å². The molecule has 0 fully saturated rings. The van der Waals surface area contributed by atoms with E-state index in [1.807, 2.05) is 0 Å². The zero-order chi connectivity index (χ0) is 19.0. The van der Waals surface area contributed by atoms with Gasteiger partial charge in [0.15, 0.2) is 0 Å². The SMILES string of the molecule is CCCCCCCCCCCC/C=C/CCCc1ccc2ccccc2c1. The summed E-state index contributed by atoms with van der Waals surface area (Å²) in [5.41, 5.74) is 1.47. The minimum atomic E-state index is 1.19. The lowest BCUT2D eigenvalue weighted by Gasteiger charge is -2.03. The molecule has 0 aromatic heterocycles. The first-order valence-electron chi connectivity index (χ1n) is 11.5. The van der Waals surface area contributed by atoms with Crippen molar-refractivity contribution in [2.45, 2.75) is 96.8 Å². The third-order valence-electron chi connectivity index (χ3n) is 5.54. The zero-order valence-corrected chi connectivity index (χ0v) is 17.6. The Bertz CT molecular complexity index is 637. The number of allylic oxidation sites excluding steroid dienone is 2. The maximum atomic E-state index is 2.41. The smallest absolute Gasteiger partial charge is 0.0181 e. The Hall–Kier alpha value is -1.56. The summed E-state index contributed by atoms with van der Waals surface area (Å²) >= 11 is 0. The number of benzene rings is 2. The predicted octanol–water partition coefficient (Wildman–Crippen LogP) is 9.03. The van der Waals surface area contributed by atoms with Crippen LogP contribution in [0.15, 0.2) is 54.6 Å². The highest BCUT2D eigenvalue weighted by atomic mass is 14.0. The van der Waals surface area contributed by atoms with Crippen LogP contribution in [0.3, 0.4) is 0 Å². The van der Waals surface area contributed by atoms with Gasteiger partial charge in [-0.1, -0.05) is 119 Å². The van der Waals surface area contributed by atoms with Gasteiger partial charge in [0.05, 0.1) is 0 Å². The van der Waals surface area contributed by atoms with Gasteiger partial charge in [0.1, 0.15) is 0 Å². The highest BCUT2D eigenvalue weighted by Gasteiger charge is 1.96. The molecule has 0 heterocycles. The lowest BCUT2D eigenvalue weighted by molar-refractivity contribution is 0.557. The summed E-state index contributed by atoms with van der Waals surface area (Å²) < 4.78 is 0. The molecule has 0 bridgehead atoms. The van der Waals surface area contributed by atoms with Crippen molar-refractivity contribution in [2.75, 3.05) is 0 Å². The van der Waals surface area contributed by atoms with Crippen molar-refractivity contribution in [2.24, 2.45) is 0 Å². The number of unbranched alkanes of at least 4 members (excludes halogenated alkanes) is 11. The summed E-state index contributed by atoms with van der Waals surface area (Å²) in [7, 11) is 0. The lowest BCUT2D eigenvalue weighted by Crippen LogP contribution is -1.85. The molecule has 0 nitrogen and oxygen atoms in total. The largest absolute Gasteiger partial charge is 0.0885 e. The van der Waals surface area contributed by atoms with Crippen molar-refractivity contribution in [1.29, 1.82) is 0 Å². The van der Waals surface area contributed by atoms with Crippen LogP contribution in [0.5, 0.6) is 0 Å². The van der Waals surface area contributed by atoms with Gasteiger partial charge in [-0.3, -0.25) is 0 Å². The molecule has 0 heteroatoms. The summed E-state index contributed by atoms with van der Waals surface area (Å²) in [6, 6.07) is 15.5. The molecule has 27 heavy (non-hydrogen) atoms. The van der Waals surface area contributed by atoms with Crippen LogP contribution in [0, 0.1) is 0 Å². The summed E-state index contributed by atoms with van der Waals surface area (Å²) in [5, 5.41) is 2.71. The van der Waals surface area contributed by atoms with E-state index in [1.54, 1.807) is 0 Å². The molecule has 0 saturated heterocycles. The minimum absolute atomic E-state index is 1.19. The van der Waals surface area contributed by atoms with Crippen LogP contribution >= 0.6 is 0 Å². The molecule has 2 aromatic carbocycles. The summed E-state index contributed by atoms with van der Waals surface area (Å²) in [6.07, 6.45) is 24.0. The molecule has 0 N–H and O–H groups in total. The van der Waals surface area contributed by atoms with Crippen LogP contribution in [-0.4, -0.2) is 0 Å². The molecular weight excluding hydrogens is 324 g/mol. The normalized spacial score (nSPS) is 11.6. The Morgan fingerprint density at radius 1 is 0.593 bits per heavy atom. The highest BCUT2D eigenvalue weighted by molar-refractivity contribution is 5.82. The number of hydrogen-bond donors (Lipinski definition) is 0. The monoisotopic (exact) mass is 364 g/mol. The van der Waals surface area contributed by atoms with Gasteiger partial charge in [0.2, 0.25) is 0 Å². The van der Waals surface area contributed by atoms with Gasteiger partial charge in [0, 0.05) is 0 Å². The first-order chi connectivity index (χ1) is 13.4. The van der Waals surface area contributed by atoms with Crippen molar-refractivity contribution in [3.8, 4) is 0 Å². The summed E-state index contributed by atoms with van der Waals surface area (Å²) in [4.78, 5) is 0. The molecule has 0 aliphatic heterocycles. The van der Waals surface area contributed by atoms with E-state index in [0.717, 1.165) is 0 Å². The molecular formula is C27H40. The van der Waals surface area contributed by atoms with Gasteiger partial charge in [-0.05, 0) is 48.4 Å². The Balaban J connectivity index is 1.42. The van der Waals surface area contributed by atoms with Crippen LogP contribution in [0.25, 0.3) is 10.8 Å². The van der Waals surface area contributed by atoms with Crippen molar-refractivity contribution >= 4 is 10.8 Å². The fourth-order valence-corrected chi connectivity index (χ4v) is 3.80. The molecule has 0 aliphatic carbocycles. The van der Waals surface area contributed by atoms with Crippen LogP contribution in [0.4, 0.5) is 0 Å². The van der Waals surface area contributed by atoms with Crippen molar-refractivity contribution in [1.82, 2.24) is 0 Å². The Kier molecular flexibility index (Phi) is 11.7. The Morgan fingerprint density at radius 3 is 1.89 bits per heavy atom. The maximum Gasteiger partial charge on any atom is -0.0181 e. The van der Waals surface area contributed by atoms with E-state index >= 15 is 0 Å². The van der Waals surface area contributed by atoms with Crippen LogP contribution < -0.4 is 0 Å². The topological polar surface area (TPSA) is 0 Å². The Labute approximate surface area is 168 Å². The highest BCUT2D eigenvalue weighted by Crippen LogP contribution is 2.17. The number of rotatable bonds is 15. The first-order valence-corrected chi connectivity index (χ1v) is 11.5. The molecule has 2 rings (SSSR count). The standard InChI is InChI=1S/C27H40/c1-2-3-4-5-6-7-8-9-10-11-12-13-14-15-16-19-25-22-23-26-20-17-18-21-27(26)24-25/h13-14,17-18,20-24H,2-12,15-16,19H2,1H3/b14-13+. The molecule has 0 spiro atoms. The predicted molar refractivity (Wildman–Crippen MR) is 122 cm³/mol. The van der Waals surface area contributed by atoms with Crippen LogP contribution in [0.2, 0.25) is 0 Å². The molecule has 0 unspecified atom stereocenters. The molecule has 0 aliphatic rings. The minimum Gasteiger partial charge on any atom is -0.0885 e. The molecule has 0 radical (unpaired) electrons. The van der Waals surface area contributed by atoms with Gasteiger partial charge < -0.3 is 0 Å². The van der Waals surface area contributed by atoms with E-state index in [-0.39, 0.29) is 0 Å². The number of fused-ring (bicyclic) bond motifs is 1. The molecule has 0 amide bonds. The molecule has 0 saturated carbocycles. The quantitative estimate of drug-likeness (QED) is 0.218. The van der Waals surface area contributed by atoms with Gasteiger partial charge in [-0.15, -0.1) is 0 Å². The average Bonchev–Trinajstić information content (AvgIpc) is 2.71. The summed E-state index contributed by atoms with van der Waals surface area (Å²) in [5.74, 6) is 0. The second-order valence-electron chi connectivity index (χ2n) is 8.02. The first kappa shape index (κ1) is 21.7. The number of aryl methyl sites for hydroxylation is 1. The summed E-state index contributed by atoms with van der Waals surface area (Å²) in [6.45, 7) is 2.29. The van der Waals surface area contributed by atoms with E-state index in [2.05, 4.69) is 61.5 Å². The van der Waals surface area contributed by atoms with Crippen LogP contribution in [0.1, 0.15) is 96.0 Å². The lowest BCUT2D eigenvalue weighted by atomic mass is 10.0. The molecule has 148 valence electrons. The third-order valence-corrected chi connectivity index (χ3v) is 5.54. The number of hydrogen-bond acceptors (Lipinski definition) is 0. The maximum absolute atomic E-state index is 2.41. The van der Waals surface area contributed by atoms with E-state index in [1.165, 1.54) is 106 Å². The molecule has 0 atom stereocenters. The third kappa shape index (κ3) is 9.80. The Morgan fingerprint density at radius 2 is 1.19 bits per heavy atom. The fraction of sp³-hybridized carbons (Fsp3) is 0.556. The second-order valence-corrected chi connectivity index (χ2v) is 8.02. The van der Waals surface area contributed by atoms with Gasteiger partial charge in [-0.2, -0.15) is 0 Å². The van der Waals surface area contributed by atoms with Crippen LogP contribution in [-0.2, 0) is 6.42 Å². The fourth-order valence-electron chi connectivity index (χ4n) is 3.80. The van der Waals surface area contributed by atoms with E-state index in [0.29, 0.717) is 0 Å². The van der Waals surface area contributed by atoms with Crippen molar-refractivity contribution in [3.05, 3.63) is 60.2 Å². The average molecular weight is 365 g/mol. The van der Waals surface area contributed by atoms with E-state index in [9.17, 15) is 0 Å². The second kappa shape index (κ2) is 14.5. The zero-order valence-electron chi connectivity index (χ0n) is 17.6. The molecule has 2 aromatic rings. The van der Waals surface area contributed by atoms with E-state index < -0.39 is 0 Å². The van der Waals surface area contributed by atoms with E-state index in [4.69, 9.17) is 0 Å². The van der Waals surface area contributed by atoms with Gasteiger partial charge in [0.25, 0.3) is 0 Å². The van der Waals surface area contributed by atoms with Crippen molar-refractivity contribution < 1.29 is 0 Å². The van der Waals surface area contributed by atoms with Crippen molar-refractivity contribution in [3.63, 3.8) is 0 Å². The van der Waals surface area contributed by atoms with Gasteiger partial charge in [-0.25, -0.2) is 0 Å².